The smallest absolute Gasteiger partial charge is 0.337 e. The number of hydrogen-bond acceptors (Lipinski definition) is 5. The van der Waals surface area contributed by atoms with Crippen LogP contribution in [0.5, 0.6) is 0 Å². The van der Waals surface area contributed by atoms with Crippen molar-refractivity contribution < 1.29 is 29.0 Å². The Hall–Kier alpha value is -2.37. The largest absolute Gasteiger partial charge is 0.478 e. The average Bonchev–Trinajstić information content (AvgIpc) is 2.60. The number of aliphatic carboxylic acids is 1. The highest BCUT2D eigenvalue weighted by atomic mass is 16.5. The predicted octanol–water partition coefficient (Wildman–Crippen LogP) is 4.07. The molecule has 0 bridgehead atoms. The first kappa shape index (κ1) is 25.9. The molecule has 26 heavy (non-hydrogen) atoms. The third-order valence-corrected chi connectivity index (χ3v) is 3.52. The molecule has 0 rings (SSSR count). The molecule has 0 aromatic rings. The lowest BCUT2D eigenvalue weighted by Crippen LogP contribution is -2.14. The van der Waals surface area contributed by atoms with Crippen molar-refractivity contribution in [1.29, 1.82) is 0 Å². The topological polar surface area (TPSA) is 89.9 Å². The van der Waals surface area contributed by atoms with Crippen molar-refractivity contribution in [1.82, 2.24) is 0 Å². The van der Waals surface area contributed by atoms with Crippen molar-refractivity contribution in [3.05, 3.63) is 36.0 Å². The number of carbonyl (C=O) groups is 3. The molecule has 0 aliphatic carbocycles. The number of unbranched alkanes of at least 4 members (excludes halogenated alkanes) is 1. The quantitative estimate of drug-likeness (QED) is 0.355. The van der Waals surface area contributed by atoms with Gasteiger partial charge < -0.3 is 14.6 Å². The molecule has 0 radical (unpaired) electrons. The summed E-state index contributed by atoms with van der Waals surface area (Å²) >= 11 is 0. The van der Waals surface area contributed by atoms with Crippen molar-refractivity contribution in [2.75, 3.05) is 13.7 Å². The molecule has 0 spiro atoms. The van der Waals surface area contributed by atoms with E-state index in [2.05, 4.69) is 31.7 Å². The summed E-state index contributed by atoms with van der Waals surface area (Å²) in [4.78, 5) is 32.5. The Morgan fingerprint density at radius 1 is 1.12 bits per heavy atom. The fourth-order valence-electron chi connectivity index (χ4n) is 1.74. The van der Waals surface area contributed by atoms with Gasteiger partial charge in [-0.2, -0.15) is 0 Å². The molecule has 0 heterocycles. The standard InChI is InChI=1S/C15H24O4.C5H8O2/c1-5-7-8-13(6-2)10-19-15(18)12(4)9-11(3)14(16)17;1-4(2)5(6)7-3/h9,13H,4-8,10H2,1-3H3,(H,16,17);1H2,2-3H3. The van der Waals surface area contributed by atoms with Crippen molar-refractivity contribution in [3.8, 4) is 0 Å². The summed E-state index contributed by atoms with van der Waals surface area (Å²) < 4.78 is 9.43. The van der Waals surface area contributed by atoms with Gasteiger partial charge in [-0.1, -0.05) is 46.3 Å². The van der Waals surface area contributed by atoms with Gasteiger partial charge in [-0.25, -0.2) is 14.4 Å². The lowest BCUT2D eigenvalue weighted by atomic mass is 10.0. The summed E-state index contributed by atoms with van der Waals surface area (Å²) in [7, 11) is 1.33. The van der Waals surface area contributed by atoms with Crippen LogP contribution in [0.4, 0.5) is 0 Å². The zero-order chi connectivity index (χ0) is 20.7. The second-order valence-corrected chi connectivity index (χ2v) is 5.94. The molecular weight excluding hydrogens is 336 g/mol. The third-order valence-electron chi connectivity index (χ3n) is 3.52. The van der Waals surface area contributed by atoms with Crippen LogP contribution in [0.1, 0.15) is 53.4 Å². The lowest BCUT2D eigenvalue weighted by Gasteiger charge is -2.14. The zero-order valence-electron chi connectivity index (χ0n) is 16.6. The van der Waals surface area contributed by atoms with Crippen LogP contribution in [0.15, 0.2) is 36.0 Å². The summed E-state index contributed by atoms with van der Waals surface area (Å²) in [5.74, 6) is -1.60. The van der Waals surface area contributed by atoms with Crippen molar-refractivity contribution >= 4 is 17.9 Å². The first-order chi connectivity index (χ1) is 12.1. The molecule has 1 unspecified atom stereocenters. The first-order valence-corrected chi connectivity index (χ1v) is 8.61. The zero-order valence-corrected chi connectivity index (χ0v) is 16.6. The molecule has 0 saturated heterocycles. The summed E-state index contributed by atoms with van der Waals surface area (Å²) in [5, 5.41) is 8.70. The number of esters is 2. The van der Waals surface area contributed by atoms with E-state index in [9.17, 15) is 14.4 Å². The highest BCUT2D eigenvalue weighted by Gasteiger charge is 2.12. The van der Waals surface area contributed by atoms with E-state index in [4.69, 9.17) is 9.84 Å². The normalized spacial score (nSPS) is 11.5. The van der Waals surface area contributed by atoms with E-state index >= 15 is 0 Å². The van der Waals surface area contributed by atoms with Gasteiger partial charge in [0.25, 0.3) is 0 Å². The second-order valence-electron chi connectivity index (χ2n) is 5.94. The van der Waals surface area contributed by atoms with Crippen molar-refractivity contribution in [2.24, 2.45) is 5.92 Å². The molecule has 0 fully saturated rings. The monoisotopic (exact) mass is 368 g/mol. The maximum absolute atomic E-state index is 11.6. The molecule has 6 heteroatoms. The maximum Gasteiger partial charge on any atom is 0.337 e. The SMILES string of the molecule is C=C(C)C(=O)OC.C=C(C=C(C)C(=O)O)C(=O)OCC(CC)CCCC. The number of ether oxygens (including phenoxy) is 2. The molecule has 0 aromatic heterocycles. The van der Waals surface area contributed by atoms with E-state index in [1.807, 2.05) is 0 Å². The molecule has 0 aliphatic rings. The van der Waals surface area contributed by atoms with Gasteiger partial charge in [0.15, 0.2) is 0 Å². The first-order valence-electron chi connectivity index (χ1n) is 8.61. The number of carbonyl (C=O) groups excluding carboxylic acids is 2. The molecule has 0 saturated carbocycles. The molecule has 1 atom stereocenters. The van der Waals surface area contributed by atoms with Crippen LogP contribution in [0, 0.1) is 5.92 Å². The van der Waals surface area contributed by atoms with E-state index in [0.29, 0.717) is 18.1 Å². The van der Waals surface area contributed by atoms with Gasteiger partial charge in [-0.15, -0.1) is 0 Å². The predicted molar refractivity (Wildman–Crippen MR) is 102 cm³/mol. The van der Waals surface area contributed by atoms with E-state index in [-0.39, 0.29) is 17.1 Å². The molecule has 0 amide bonds. The van der Waals surface area contributed by atoms with E-state index in [1.54, 1.807) is 6.92 Å². The highest BCUT2D eigenvalue weighted by Crippen LogP contribution is 2.14. The average molecular weight is 368 g/mol. The minimum absolute atomic E-state index is 0.0694. The Balaban J connectivity index is 0. The van der Waals surface area contributed by atoms with Gasteiger partial charge in [-0.05, 0) is 32.3 Å². The Labute approximate surface area is 156 Å². The van der Waals surface area contributed by atoms with Gasteiger partial charge in [0.2, 0.25) is 0 Å². The van der Waals surface area contributed by atoms with Gasteiger partial charge in [0.05, 0.1) is 19.3 Å². The van der Waals surface area contributed by atoms with Gasteiger partial charge >= 0.3 is 17.9 Å². The van der Waals surface area contributed by atoms with Crippen LogP contribution in [0.3, 0.4) is 0 Å². The van der Waals surface area contributed by atoms with Crippen LogP contribution in [-0.4, -0.2) is 36.7 Å². The number of hydrogen-bond donors (Lipinski definition) is 1. The number of methoxy groups -OCH3 is 1. The molecule has 148 valence electrons. The minimum Gasteiger partial charge on any atom is -0.478 e. The molecular formula is C20H32O6. The van der Waals surface area contributed by atoms with Crippen molar-refractivity contribution in [2.45, 2.75) is 53.4 Å². The molecule has 0 aliphatic heterocycles. The fourth-order valence-corrected chi connectivity index (χ4v) is 1.74. The van der Waals surface area contributed by atoms with E-state index < -0.39 is 11.9 Å². The van der Waals surface area contributed by atoms with Crippen LogP contribution in [0.25, 0.3) is 0 Å². The second kappa shape index (κ2) is 14.9. The highest BCUT2D eigenvalue weighted by molar-refractivity contribution is 5.94. The lowest BCUT2D eigenvalue weighted by molar-refractivity contribution is -0.140. The fraction of sp³-hybridized carbons (Fsp3) is 0.550. The summed E-state index contributed by atoms with van der Waals surface area (Å²) in [6.45, 7) is 14.5. The Kier molecular flexibility index (Phi) is 14.9. The molecule has 0 aromatic carbocycles. The maximum atomic E-state index is 11.6. The summed E-state index contributed by atoms with van der Waals surface area (Å²) in [6.07, 6.45) is 5.48. The Morgan fingerprint density at radius 3 is 2.04 bits per heavy atom. The Bertz CT molecular complexity index is 530. The summed E-state index contributed by atoms with van der Waals surface area (Å²) in [6, 6.07) is 0. The number of carboxylic acids is 1. The van der Waals surface area contributed by atoms with Gasteiger partial charge in [0, 0.05) is 11.1 Å². The Morgan fingerprint density at radius 2 is 1.69 bits per heavy atom. The van der Waals surface area contributed by atoms with Crippen LogP contribution >= 0.6 is 0 Å². The van der Waals surface area contributed by atoms with E-state index in [1.165, 1.54) is 20.1 Å². The van der Waals surface area contributed by atoms with Gasteiger partial charge in [0.1, 0.15) is 0 Å². The van der Waals surface area contributed by atoms with Crippen LogP contribution in [0.2, 0.25) is 0 Å². The number of rotatable bonds is 10. The molecule has 6 nitrogen and oxygen atoms in total. The molecule has 1 N–H and O–H groups in total. The van der Waals surface area contributed by atoms with Gasteiger partial charge in [-0.3, -0.25) is 0 Å². The van der Waals surface area contributed by atoms with E-state index in [0.717, 1.165) is 25.7 Å². The third kappa shape index (κ3) is 13.0. The van der Waals surface area contributed by atoms with Crippen molar-refractivity contribution in [3.63, 3.8) is 0 Å². The van der Waals surface area contributed by atoms with Crippen LogP contribution < -0.4 is 0 Å². The summed E-state index contributed by atoms with van der Waals surface area (Å²) in [5.41, 5.74) is 0.577. The minimum atomic E-state index is -1.07. The number of carboxylic acid groups (broad SMARTS) is 1. The van der Waals surface area contributed by atoms with Crippen LogP contribution in [-0.2, 0) is 23.9 Å².